The minimum Gasteiger partial charge on any atom is -0.490 e. The van der Waals surface area contributed by atoms with Gasteiger partial charge in [-0.15, -0.1) is 0 Å². The minimum absolute atomic E-state index is 0.0346. The van der Waals surface area contributed by atoms with Gasteiger partial charge >= 0.3 is 0 Å². The number of carbonyl (C=O) groups is 1. The van der Waals surface area contributed by atoms with E-state index in [1.807, 2.05) is 50.5 Å². The fourth-order valence-electron chi connectivity index (χ4n) is 3.72. The molecule has 2 aliphatic rings. The second-order valence-electron chi connectivity index (χ2n) is 7.80. The Hall–Kier alpha value is -2.95. The monoisotopic (exact) mass is 393 g/mol. The van der Waals surface area contributed by atoms with Gasteiger partial charge in [-0.25, -0.2) is 0 Å². The first-order valence-corrected chi connectivity index (χ1v) is 10.2. The number of ether oxygens (including phenoxy) is 3. The molecule has 0 aromatic heterocycles. The maximum atomic E-state index is 12.5. The van der Waals surface area contributed by atoms with Crippen molar-refractivity contribution in [3.63, 3.8) is 0 Å². The lowest BCUT2D eigenvalue weighted by Gasteiger charge is -2.19. The van der Waals surface area contributed by atoms with E-state index in [2.05, 4.69) is 11.0 Å². The zero-order valence-electron chi connectivity index (χ0n) is 17.0. The van der Waals surface area contributed by atoms with E-state index in [9.17, 15) is 4.79 Å². The molecule has 1 aliphatic heterocycles. The van der Waals surface area contributed by atoms with Gasteiger partial charge in [-0.05, 0) is 67.7 Å². The van der Waals surface area contributed by atoms with Gasteiger partial charge in [0.15, 0.2) is 17.3 Å². The van der Waals surface area contributed by atoms with Gasteiger partial charge in [0.05, 0.1) is 6.10 Å². The number of benzene rings is 2. The minimum atomic E-state index is 0.0346. The molecule has 0 spiro atoms. The maximum absolute atomic E-state index is 12.5. The summed E-state index contributed by atoms with van der Waals surface area (Å²) in [5.41, 5.74) is 2.93. The van der Waals surface area contributed by atoms with Crippen molar-refractivity contribution in [3.05, 3.63) is 53.6 Å². The van der Waals surface area contributed by atoms with Crippen LogP contribution in [0.15, 0.2) is 42.5 Å². The molecule has 29 heavy (non-hydrogen) atoms. The molecule has 2 aromatic rings. The summed E-state index contributed by atoms with van der Waals surface area (Å²) in [5.74, 6) is 2.31. The van der Waals surface area contributed by atoms with Gasteiger partial charge < -0.3 is 19.1 Å². The number of hydrogen-bond donors (Lipinski definition) is 0. The number of rotatable bonds is 7. The molecule has 2 aromatic carbocycles. The molecule has 152 valence electrons. The van der Waals surface area contributed by atoms with Crippen LogP contribution in [0.25, 0.3) is 6.08 Å². The molecule has 0 radical (unpaired) electrons. The Morgan fingerprint density at radius 1 is 1.10 bits per heavy atom. The predicted molar refractivity (Wildman–Crippen MR) is 114 cm³/mol. The van der Waals surface area contributed by atoms with Crippen LogP contribution in [0.1, 0.15) is 36.8 Å². The van der Waals surface area contributed by atoms with Gasteiger partial charge in [0.25, 0.3) is 0 Å². The van der Waals surface area contributed by atoms with E-state index in [1.165, 1.54) is 12.8 Å². The van der Waals surface area contributed by atoms with E-state index in [0.717, 1.165) is 41.2 Å². The number of ketones is 1. The SMILES string of the molecule is CN(C)c1ccc(/C=C/C(=O)Cc2ccc3c(c2)OCO3)c(OC2CCCC2)c1. The van der Waals surface area contributed by atoms with Crippen molar-refractivity contribution in [3.8, 4) is 17.2 Å². The number of anilines is 1. The number of nitrogens with zero attached hydrogens (tertiary/aromatic N) is 1. The lowest BCUT2D eigenvalue weighted by molar-refractivity contribution is -0.113. The molecule has 0 N–H and O–H groups in total. The summed E-state index contributed by atoms with van der Waals surface area (Å²) in [6.45, 7) is 0.235. The third-order valence-electron chi connectivity index (χ3n) is 5.37. The van der Waals surface area contributed by atoms with Crippen molar-refractivity contribution >= 4 is 17.5 Å². The molecule has 0 bridgehead atoms. The van der Waals surface area contributed by atoms with Crippen LogP contribution in [0, 0.1) is 0 Å². The second-order valence-corrected chi connectivity index (χ2v) is 7.80. The Bertz CT molecular complexity index is 913. The van der Waals surface area contributed by atoms with Crippen molar-refractivity contribution in [1.82, 2.24) is 0 Å². The molecular weight excluding hydrogens is 366 g/mol. The second kappa shape index (κ2) is 8.60. The summed E-state index contributed by atoms with van der Waals surface area (Å²) < 4.78 is 17.0. The van der Waals surface area contributed by atoms with E-state index in [-0.39, 0.29) is 18.7 Å². The summed E-state index contributed by atoms with van der Waals surface area (Å²) in [6.07, 6.45) is 8.71. The Balaban J connectivity index is 1.48. The maximum Gasteiger partial charge on any atom is 0.231 e. The largest absolute Gasteiger partial charge is 0.490 e. The quantitative estimate of drug-likeness (QED) is 0.642. The van der Waals surface area contributed by atoms with E-state index in [1.54, 1.807) is 6.08 Å². The van der Waals surface area contributed by atoms with Crippen LogP contribution in [0.3, 0.4) is 0 Å². The Morgan fingerprint density at radius 2 is 1.90 bits per heavy atom. The van der Waals surface area contributed by atoms with Crippen LogP contribution >= 0.6 is 0 Å². The highest BCUT2D eigenvalue weighted by Gasteiger charge is 2.18. The highest BCUT2D eigenvalue weighted by atomic mass is 16.7. The average Bonchev–Trinajstić information content (AvgIpc) is 3.38. The molecular formula is C24H27NO4. The highest BCUT2D eigenvalue weighted by molar-refractivity contribution is 5.95. The van der Waals surface area contributed by atoms with Crippen molar-refractivity contribution in [2.45, 2.75) is 38.2 Å². The third-order valence-corrected chi connectivity index (χ3v) is 5.37. The molecule has 1 fully saturated rings. The molecule has 0 saturated heterocycles. The van der Waals surface area contributed by atoms with Crippen LogP contribution in [0.4, 0.5) is 5.69 Å². The molecule has 0 atom stereocenters. The fourth-order valence-corrected chi connectivity index (χ4v) is 3.72. The topological polar surface area (TPSA) is 48.0 Å². The fraction of sp³-hybridized carbons (Fsp3) is 0.375. The molecule has 5 nitrogen and oxygen atoms in total. The predicted octanol–water partition coefficient (Wildman–Crippen LogP) is 4.63. The van der Waals surface area contributed by atoms with Crippen molar-refractivity contribution in [2.75, 3.05) is 25.8 Å². The Kier molecular flexibility index (Phi) is 5.74. The van der Waals surface area contributed by atoms with Crippen LogP contribution in [0.5, 0.6) is 17.2 Å². The smallest absolute Gasteiger partial charge is 0.231 e. The first-order valence-electron chi connectivity index (χ1n) is 10.2. The molecule has 5 heteroatoms. The van der Waals surface area contributed by atoms with E-state index in [4.69, 9.17) is 14.2 Å². The van der Waals surface area contributed by atoms with Crippen molar-refractivity contribution in [2.24, 2.45) is 0 Å². The summed E-state index contributed by atoms with van der Waals surface area (Å²) >= 11 is 0. The van der Waals surface area contributed by atoms with Crippen LogP contribution in [0.2, 0.25) is 0 Å². The number of allylic oxidation sites excluding steroid dienone is 1. The lowest BCUT2D eigenvalue weighted by Crippen LogP contribution is -2.13. The molecule has 0 amide bonds. The van der Waals surface area contributed by atoms with E-state index < -0.39 is 0 Å². The number of fused-ring (bicyclic) bond motifs is 1. The molecule has 1 aliphatic carbocycles. The molecule has 0 unspecified atom stereocenters. The van der Waals surface area contributed by atoms with Gasteiger partial charge in [0.1, 0.15) is 5.75 Å². The molecule has 4 rings (SSSR count). The number of carbonyl (C=O) groups excluding carboxylic acids is 1. The molecule has 1 heterocycles. The normalized spacial score (nSPS) is 15.8. The van der Waals surface area contributed by atoms with Gasteiger partial charge in [-0.3, -0.25) is 4.79 Å². The summed E-state index contributed by atoms with van der Waals surface area (Å²) in [6, 6.07) is 11.7. The van der Waals surface area contributed by atoms with Gasteiger partial charge in [-0.2, -0.15) is 0 Å². The first kappa shape index (κ1) is 19.4. The van der Waals surface area contributed by atoms with Crippen LogP contribution < -0.4 is 19.1 Å². The summed E-state index contributed by atoms with van der Waals surface area (Å²) in [7, 11) is 4.03. The summed E-state index contributed by atoms with van der Waals surface area (Å²) in [4.78, 5) is 14.6. The van der Waals surface area contributed by atoms with E-state index in [0.29, 0.717) is 12.2 Å². The van der Waals surface area contributed by atoms with Crippen LogP contribution in [-0.2, 0) is 11.2 Å². The Morgan fingerprint density at radius 3 is 2.69 bits per heavy atom. The summed E-state index contributed by atoms with van der Waals surface area (Å²) in [5, 5.41) is 0. The number of hydrogen-bond acceptors (Lipinski definition) is 5. The van der Waals surface area contributed by atoms with Crippen molar-refractivity contribution in [1.29, 1.82) is 0 Å². The zero-order valence-corrected chi connectivity index (χ0v) is 17.0. The van der Waals surface area contributed by atoms with Gasteiger partial charge in [-0.1, -0.05) is 6.07 Å². The zero-order chi connectivity index (χ0) is 20.2. The van der Waals surface area contributed by atoms with Gasteiger partial charge in [0.2, 0.25) is 6.79 Å². The third kappa shape index (κ3) is 4.73. The molecule has 1 saturated carbocycles. The standard InChI is InChI=1S/C24H27NO4/c1-25(2)19-10-8-18(23(15-19)29-21-5-3-4-6-21)9-11-20(26)13-17-7-12-22-24(14-17)28-16-27-22/h7-12,14-15,21H,3-6,13,16H2,1-2H3/b11-9+. The van der Waals surface area contributed by atoms with Crippen molar-refractivity contribution < 1.29 is 19.0 Å². The lowest BCUT2D eigenvalue weighted by atomic mass is 10.1. The average molecular weight is 393 g/mol. The highest BCUT2D eigenvalue weighted by Crippen LogP contribution is 2.33. The Labute approximate surface area is 171 Å². The van der Waals surface area contributed by atoms with E-state index >= 15 is 0 Å². The van der Waals surface area contributed by atoms with Crippen LogP contribution in [-0.4, -0.2) is 32.8 Å². The van der Waals surface area contributed by atoms with Gasteiger partial charge in [0, 0.05) is 37.8 Å². The first-order chi connectivity index (χ1) is 14.1.